The summed E-state index contributed by atoms with van der Waals surface area (Å²) in [6.45, 7) is 3.65. The van der Waals surface area contributed by atoms with E-state index in [4.69, 9.17) is 38.3 Å². The van der Waals surface area contributed by atoms with Crippen LogP contribution in [0.1, 0.15) is 58.0 Å². The summed E-state index contributed by atoms with van der Waals surface area (Å²) in [7, 11) is 6.86. The highest BCUT2D eigenvalue weighted by atomic mass is 16.7. The van der Waals surface area contributed by atoms with Crippen molar-refractivity contribution in [1.82, 2.24) is 9.88 Å². The van der Waals surface area contributed by atoms with Crippen LogP contribution < -0.4 is 18.9 Å². The number of carbonyl (C=O) groups excluding carboxylic acids is 3. The number of fused-ring (bicyclic) bond motifs is 6. The van der Waals surface area contributed by atoms with E-state index in [9.17, 15) is 14.4 Å². The molecule has 0 spiro atoms. The van der Waals surface area contributed by atoms with Gasteiger partial charge in [0.05, 0.1) is 46.0 Å². The van der Waals surface area contributed by atoms with Gasteiger partial charge in [0.15, 0.2) is 11.5 Å². The molecule has 1 aromatic heterocycles. The molecule has 2 N–H and O–H groups in total. The second kappa shape index (κ2) is 16.8. The molecule has 3 unspecified atom stereocenters. The van der Waals surface area contributed by atoms with Gasteiger partial charge in [-0.05, 0) is 79.8 Å². The van der Waals surface area contributed by atoms with Gasteiger partial charge in [-0.3, -0.25) is 9.69 Å². The van der Waals surface area contributed by atoms with Crippen molar-refractivity contribution in [2.45, 2.75) is 51.4 Å². The second-order valence-corrected chi connectivity index (χ2v) is 13.8. The number of methoxy groups -OCH3 is 4. The fraction of sp³-hybridized carbons (Fsp3) is 0.439. The van der Waals surface area contributed by atoms with Crippen LogP contribution in [-0.2, 0) is 32.0 Å². The van der Waals surface area contributed by atoms with E-state index >= 15 is 0 Å². The number of esters is 2. The Balaban J connectivity index is 0.00000245. The van der Waals surface area contributed by atoms with Crippen LogP contribution in [0.15, 0.2) is 54.6 Å². The van der Waals surface area contributed by atoms with Crippen molar-refractivity contribution in [1.29, 1.82) is 0 Å². The molecule has 1 saturated heterocycles. The smallest absolute Gasteiger partial charge is 0.497 e. The molecule has 13 nitrogen and oxygen atoms in total. The van der Waals surface area contributed by atoms with Gasteiger partial charge >= 0.3 is 18.1 Å². The number of aryl methyl sites for hydroxylation is 1. The van der Waals surface area contributed by atoms with Crippen LogP contribution in [-0.4, -0.2) is 87.8 Å². The van der Waals surface area contributed by atoms with Crippen LogP contribution in [0.25, 0.3) is 10.9 Å². The van der Waals surface area contributed by atoms with Gasteiger partial charge < -0.3 is 43.2 Å². The number of aliphatic hydroxyl groups is 1. The van der Waals surface area contributed by atoms with Crippen molar-refractivity contribution < 1.29 is 52.6 Å². The summed E-state index contributed by atoms with van der Waals surface area (Å²) in [5.74, 6) is -0.173. The molecule has 3 heterocycles. The van der Waals surface area contributed by atoms with Crippen molar-refractivity contribution in [3.63, 3.8) is 0 Å². The lowest BCUT2D eigenvalue weighted by molar-refractivity contribution is -0.155. The number of ether oxygens (including phenoxy) is 7. The molecule has 7 rings (SSSR count). The number of hydrogen-bond donors (Lipinski definition) is 2. The van der Waals surface area contributed by atoms with E-state index in [1.807, 2.05) is 43.3 Å². The summed E-state index contributed by atoms with van der Waals surface area (Å²) in [5.41, 5.74) is 5.59. The lowest BCUT2D eigenvalue weighted by atomic mass is 9.65. The first-order valence-electron chi connectivity index (χ1n) is 18.0. The minimum absolute atomic E-state index is 0.0173. The maximum Gasteiger partial charge on any atom is 0.514 e. The molecule has 3 aliphatic rings. The Morgan fingerprint density at radius 2 is 1.67 bits per heavy atom. The quantitative estimate of drug-likeness (QED) is 0.114. The Morgan fingerprint density at radius 3 is 2.35 bits per heavy atom. The fourth-order valence-electron chi connectivity index (χ4n) is 8.43. The van der Waals surface area contributed by atoms with Crippen molar-refractivity contribution >= 4 is 29.0 Å². The Labute approximate surface area is 314 Å². The number of aliphatic hydroxyl groups excluding tert-OH is 1. The van der Waals surface area contributed by atoms with Gasteiger partial charge in [-0.15, -0.1) is 0 Å². The largest absolute Gasteiger partial charge is 0.514 e. The van der Waals surface area contributed by atoms with Crippen LogP contribution in [0.2, 0.25) is 0 Å². The zero-order chi connectivity index (χ0) is 38.5. The monoisotopic (exact) mass is 744 g/mol. The number of aromatic nitrogens is 1. The average molecular weight is 745 g/mol. The number of H-pyrrole nitrogens is 1. The van der Waals surface area contributed by atoms with Gasteiger partial charge in [0, 0.05) is 42.9 Å². The van der Waals surface area contributed by atoms with E-state index in [0.29, 0.717) is 12.8 Å². The number of benzene rings is 3. The number of nitrogens with one attached hydrogen (secondary N) is 1. The summed E-state index contributed by atoms with van der Waals surface area (Å²) < 4.78 is 38.6. The van der Waals surface area contributed by atoms with E-state index in [2.05, 4.69) is 16.0 Å². The van der Waals surface area contributed by atoms with Crippen LogP contribution in [0.4, 0.5) is 4.79 Å². The van der Waals surface area contributed by atoms with E-state index in [1.165, 1.54) is 50.1 Å². The summed E-state index contributed by atoms with van der Waals surface area (Å²) in [5, 5.41) is 8.21. The van der Waals surface area contributed by atoms with Gasteiger partial charge in [-0.1, -0.05) is 29.8 Å². The average Bonchev–Trinajstić information content (AvgIpc) is 3.57. The van der Waals surface area contributed by atoms with Gasteiger partial charge in [0.1, 0.15) is 18.5 Å². The Kier molecular flexibility index (Phi) is 12.0. The Morgan fingerprint density at radius 1 is 0.907 bits per heavy atom. The molecule has 3 aromatic carbocycles. The number of piperidine rings is 1. The Hall–Kier alpha value is -5.27. The minimum atomic E-state index is -0.955. The summed E-state index contributed by atoms with van der Waals surface area (Å²) in [4.78, 5) is 45.8. The zero-order valence-corrected chi connectivity index (χ0v) is 31.5. The fourth-order valence-corrected chi connectivity index (χ4v) is 8.43. The molecule has 2 aliphatic heterocycles. The first-order chi connectivity index (χ1) is 26.2. The standard InChI is InChI=1S/C40H44N2O10.CH4O/c1-22-7-6-8-23(13-22)21-50-40(45)52-37-34(47-3)15-24(16-35(37)48-4)38(43)51-27-14-25-20-42-12-11-29-28-10-9-26(46-2)18-32(28)41-36(29)33(42)19-30(25)31(17-27)39(44)49-5;1-2/h6-10,13,15-16,18,25,27,30-31,33,41H,11-12,14,17,19-21H2,1-5H3;2H,1H3/t25-,27?,30+,31?,33?;/m1./s1. The highest BCUT2D eigenvalue weighted by Gasteiger charge is 2.49. The molecule has 0 radical (unpaired) electrons. The number of nitrogens with zero attached hydrogens (tertiary/aromatic N) is 1. The third kappa shape index (κ3) is 7.83. The SMILES string of the molecule is CO.COC(=O)C1CC(OC(=O)c2cc(OC)c(OC(=O)OCc3cccc(C)c3)c(OC)c2)C[C@@H]2CN3CCc4c([nH]c5cc(OC)ccc45)C3C[C@H]12. The number of hydrogen-bond acceptors (Lipinski definition) is 12. The molecule has 2 fully saturated rings. The first kappa shape index (κ1) is 38.5. The highest BCUT2D eigenvalue weighted by molar-refractivity contribution is 5.91. The van der Waals surface area contributed by atoms with E-state index in [0.717, 1.165) is 55.4 Å². The van der Waals surface area contributed by atoms with Crippen LogP contribution in [0.3, 0.4) is 0 Å². The molecule has 13 heteroatoms. The number of aromatic amines is 1. The van der Waals surface area contributed by atoms with Crippen LogP contribution >= 0.6 is 0 Å². The zero-order valence-electron chi connectivity index (χ0n) is 31.5. The lowest BCUT2D eigenvalue weighted by Gasteiger charge is -2.51. The lowest BCUT2D eigenvalue weighted by Crippen LogP contribution is -2.52. The molecule has 288 valence electrons. The van der Waals surface area contributed by atoms with Crippen LogP contribution in [0, 0.1) is 24.7 Å². The molecular formula is C41H48N2O11. The minimum Gasteiger partial charge on any atom is -0.497 e. The first-order valence-corrected chi connectivity index (χ1v) is 18.0. The maximum absolute atomic E-state index is 13.7. The van der Waals surface area contributed by atoms with E-state index in [-0.39, 0.29) is 53.3 Å². The highest BCUT2D eigenvalue weighted by Crippen LogP contribution is 2.50. The molecule has 4 aromatic rings. The molecule has 1 aliphatic carbocycles. The molecule has 0 amide bonds. The van der Waals surface area contributed by atoms with Crippen molar-refractivity contribution in [2.24, 2.45) is 17.8 Å². The van der Waals surface area contributed by atoms with Gasteiger partial charge in [-0.2, -0.15) is 0 Å². The van der Waals surface area contributed by atoms with E-state index in [1.54, 1.807) is 7.11 Å². The third-order valence-electron chi connectivity index (χ3n) is 10.8. The predicted molar refractivity (Wildman–Crippen MR) is 198 cm³/mol. The molecular weight excluding hydrogens is 696 g/mol. The summed E-state index contributed by atoms with van der Waals surface area (Å²) in [6, 6.07) is 16.7. The number of carbonyl (C=O) groups is 3. The van der Waals surface area contributed by atoms with Gasteiger partial charge in [-0.25, -0.2) is 9.59 Å². The van der Waals surface area contributed by atoms with Crippen molar-refractivity contribution in [2.75, 3.05) is 48.6 Å². The summed E-state index contributed by atoms with van der Waals surface area (Å²) >= 11 is 0. The molecule has 1 saturated carbocycles. The molecule has 54 heavy (non-hydrogen) atoms. The topological polar surface area (TPSA) is 155 Å². The van der Waals surface area contributed by atoms with Gasteiger partial charge in [0.2, 0.25) is 5.75 Å². The second-order valence-electron chi connectivity index (χ2n) is 13.8. The molecule has 5 atom stereocenters. The normalized spacial score (nSPS) is 21.6. The predicted octanol–water partition coefficient (Wildman–Crippen LogP) is 6.17. The third-order valence-corrected chi connectivity index (χ3v) is 10.8. The number of rotatable bonds is 9. The summed E-state index contributed by atoms with van der Waals surface area (Å²) in [6.07, 6.45) is 1.22. The van der Waals surface area contributed by atoms with Gasteiger partial charge in [0.25, 0.3) is 0 Å². The van der Waals surface area contributed by atoms with E-state index < -0.39 is 24.1 Å². The maximum atomic E-state index is 13.7. The van der Waals surface area contributed by atoms with Crippen molar-refractivity contribution in [3.05, 3.63) is 82.5 Å². The Bertz CT molecular complexity index is 1970. The van der Waals surface area contributed by atoms with Crippen molar-refractivity contribution in [3.8, 4) is 23.0 Å². The van der Waals surface area contributed by atoms with Crippen LogP contribution in [0.5, 0.6) is 23.0 Å². The molecule has 0 bridgehead atoms.